The molecule has 0 heterocycles. The van der Waals surface area contributed by atoms with E-state index in [2.05, 4.69) is 10.1 Å². The summed E-state index contributed by atoms with van der Waals surface area (Å²) in [6, 6.07) is 5.79. The van der Waals surface area contributed by atoms with Crippen LogP contribution in [0, 0.1) is 0 Å². The van der Waals surface area contributed by atoms with Crippen molar-refractivity contribution in [1.29, 1.82) is 0 Å². The molecule has 0 aliphatic carbocycles. The van der Waals surface area contributed by atoms with E-state index in [9.17, 15) is 45.5 Å². The van der Waals surface area contributed by atoms with E-state index in [1.54, 1.807) is 30.3 Å². The molecule has 16 heteroatoms. The molecule has 0 spiro atoms. The average molecular weight is 529 g/mol. The number of benzene rings is 1. The van der Waals surface area contributed by atoms with Gasteiger partial charge in [0, 0.05) is 13.0 Å². The first-order valence-electron chi connectivity index (χ1n) is 10.4. The number of hydrazine groups is 2. The van der Waals surface area contributed by atoms with Crippen molar-refractivity contribution < 1.29 is 50.3 Å². The van der Waals surface area contributed by atoms with Gasteiger partial charge in [0.15, 0.2) is 0 Å². The number of rotatable bonds is 13. The molecule has 0 aromatic heterocycles. The van der Waals surface area contributed by atoms with Crippen LogP contribution < -0.4 is 27.0 Å². The number of halogens is 6. The van der Waals surface area contributed by atoms with E-state index in [1.807, 2.05) is 10.9 Å². The van der Waals surface area contributed by atoms with E-state index >= 15 is 0 Å². The predicted molar refractivity (Wildman–Crippen MR) is 111 cm³/mol. The number of methoxy groups -OCH3 is 1. The van der Waals surface area contributed by atoms with Crippen LogP contribution in [-0.4, -0.2) is 61.8 Å². The lowest BCUT2D eigenvalue weighted by atomic mass is 10.0. The summed E-state index contributed by atoms with van der Waals surface area (Å²) < 4.78 is 78.6. The van der Waals surface area contributed by atoms with Crippen molar-refractivity contribution in [3.8, 4) is 0 Å². The first-order valence-corrected chi connectivity index (χ1v) is 10.4. The molecule has 0 aliphatic heterocycles. The van der Waals surface area contributed by atoms with Crippen LogP contribution >= 0.6 is 0 Å². The Morgan fingerprint density at radius 1 is 0.861 bits per heavy atom. The average Bonchev–Trinajstić information content (AvgIpc) is 2.81. The predicted octanol–water partition coefficient (Wildman–Crippen LogP) is 0.792. The van der Waals surface area contributed by atoms with Crippen LogP contribution in [0.25, 0.3) is 0 Å². The molecule has 1 rings (SSSR count). The quantitative estimate of drug-likeness (QED) is 0.110. The van der Waals surface area contributed by atoms with E-state index in [0.29, 0.717) is 5.56 Å². The Balaban J connectivity index is 2.76. The second kappa shape index (κ2) is 14.2. The highest BCUT2D eigenvalue weighted by Gasteiger charge is 2.40. The lowest BCUT2D eigenvalue weighted by Gasteiger charge is -2.23. The number of ether oxygens (including phenoxy) is 1. The molecule has 0 saturated heterocycles. The molecule has 0 bridgehead atoms. The topological polar surface area (TPSA) is 138 Å². The number of hydrogen-bond donors (Lipinski definition) is 5. The molecular formula is C20H25F6N5O5. The summed E-state index contributed by atoms with van der Waals surface area (Å²) in [6.45, 7) is -0.163. The van der Waals surface area contributed by atoms with Gasteiger partial charge in [0.1, 0.15) is 12.1 Å². The summed E-state index contributed by atoms with van der Waals surface area (Å²) >= 11 is 0. The van der Waals surface area contributed by atoms with Gasteiger partial charge in [0.2, 0.25) is 5.91 Å². The summed E-state index contributed by atoms with van der Waals surface area (Å²) in [5.74, 6) is -6.36. The number of carbonyl (C=O) groups excluding carboxylic acids is 4. The molecule has 0 saturated carbocycles. The highest BCUT2D eigenvalue weighted by Crippen LogP contribution is 2.14. The van der Waals surface area contributed by atoms with Crippen molar-refractivity contribution in [3.63, 3.8) is 0 Å². The highest BCUT2D eigenvalue weighted by atomic mass is 19.4. The third-order valence-corrected chi connectivity index (χ3v) is 4.52. The van der Waals surface area contributed by atoms with Gasteiger partial charge in [0.05, 0.1) is 7.11 Å². The van der Waals surface area contributed by atoms with Crippen molar-refractivity contribution in [2.24, 2.45) is 0 Å². The van der Waals surface area contributed by atoms with Gasteiger partial charge in [-0.3, -0.25) is 25.2 Å². The molecule has 3 amide bonds. The highest BCUT2D eigenvalue weighted by molar-refractivity contribution is 5.88. The smallest absolute Gasteiger partial charge is 0.467 e. The van der Waals surface area contributed by atoms with Gasteiger partial charge in [-0.2, -0.15) is 26.3 Å². The fourth-order valence-corrected chi connectivity index (χ4v) is 2.73. The van der Waals surface area contributed by atoms with Gasteiger partial charge in [-0.25, -0.2) is 15.6 Å². The molecule has 5 N–H and O–H groups in total. The maximum absolute atomic E-state index is 12.7. The Hall–Kier alpha value is -3.40. The van der Waals surface area contributed by atoms with Gasteiger partial charge in [-0.05, 0) is 24.8 Å². The van der Waals surface area contributed by atoms with E-state index in [1.165, 1.54) is 10.9 Å². The Labute approximate surface area is 201 Å². The van der Waals surface area contributed by atoms with Crippen LogP contribution in [0.4, 0.5) is 26.3 Å². The van der Waals surface area contributed by atoms with Crippen molar-refractivity contribution in [2.45, 2.75) is 50.1 Å². The number of esters is 1. The number of amides is 3. The zero-order valence-corrected chi connectivity index (χ0v) is 18.9. The lowest BCUT2D eigenvalue weighted by Crippen LogP contribution is -2.57. The number of unbranched alkanes of at least 4 members (excludes halogenated alkanes) is 1. The van der Waals surface area contributed by atoms with E-state index in [4.69, 9.17) is 0 Å². The molecule has 2 atom stereocenters. The minimum absolute atomic E-state index is 0.00368. The molecule has 0 unspecified atom stereocenters. The fourth-order valence-electron chi connectivity index (χ4n) is 2.73. The molecule has 0 aliphatic rings. The second-order valence-corrected chi connectivity index (χ2v) is 7.30. The van der Waals surface area contributed by atoms with Crippen LogP contribution in [-0.2, 0) is 30.3 Å². The minimum atomic E-state index is -5.24. The van der Waals surface area contributed by atoms with E-state index in [0.717, 1.165) is 7.11 Å². The van der Waals surface area contributed by atoms with Crippen molar-refractivity contribution in [2.75, 3.05) is 13.7 Å². The van der Waals surface area contributed by atoms with Gasteiger partial charge in [-0.15, -0.1) is 0 Å². The van der Waals surface area contributed by atoms with Crippen LogP contribution in [0.15, 0.2) is 30.3 Å². The molecule has 1 aromatic rings. The van der Waals surface area contributed by atoms with Crippen molar-refractivity contribution >= 4 is 23.7 Å². The summed E-state index contributed by atoms with van der Waals surface area (Å²) in [4.78, 5) is 46.7. The van der Waals surface area contributed by atoms with Gasteiger partial charge in [-0.1, -0.05) is 30.3 Å². The van der Waals surface area contributed by atoms with Crippen molar-refractivity contribution in [3.05, 3.63) is 35.9 Å². The maximum atomic E-state index is 12.7. The van der Waals surface area contributed by atoms with Gasteiger partial charge in [0.25, 0.3) is 0 Å². The first-order chi connectivity index (χ1) is 16.8. The van der Waals surface area contributed by atoms with Gasteiger partial charge >= 0.3 is 30.1 Å². The summed E-state index contributed by atoms with van der Waals surface area (Å²) in [7, 11) is 1.08. The monoisotopic (exact) mass is 529 g/mol. The molecule has 0 fully saturated rings. The summed E-state index contributed by atoms with van der Waals surface area (Å²) in [5.41, 5.74) is 7.41. The zero-order valence-electron chi connectivity index (χ0n) is 18.9. The van der Waals surface area contributed by atoms with Crippen LogP contribution in [0.2, 0.25) is 0 Å². The SMILES string of the molecule is COC(=O)[C@H](Cc1ccccc1)NC(=O)[C@H](CCCCNNC(=O)C(F)(F)F)NNC(=O)C(F)(F)F. The summed E-state index contributed by atoms with van der Waals surface area (Å²) in [5, 5.41) is 2.36. The Morgan fingerprint density at radius 3 is 2.00 bits per heavy atom. The van der Waals surface area contributed by atoms with E-state index < -0.39 is 48.1 Å². The number of carbonyl (C=O) groups is 4. The normalized spacial score (nSPS) is 13.3. The number of hydrogen-bond acceptors (Lipinski definition) is 7. The van der Waals surface area contributed by atoms with Crippen LogP contribution in [0.3, 0.4) is 0 Å². The molecule has 36 heavy (non-hydrogen) atoms. The zero-order chi connectivity index (χ0) is 27.4. The fraction of sp³-hybridized carbons (Fsp3) is 0.500. The number of nitrogens with one attached hydrogen (secondary N) is 5. The molecule has 10 nitrogen and oxygen atoms in total. The van der Waals surface area contributed by atoms with Crippen LogP contribution in [0.1, 0.15) is 24.8 Å². The Morgan fingerprint density at radius 2 is 1.44 bits per heavy atom. The summed E-state index contributed by atoms with van der Waals surface area (Å²) in [6.07, 6.45) is -10.4. The third kappa shape index (κ3) is 11.4. The Kier molecular flexibility index (Phi) is 12.1. The molecular weight excluding hydrogens is 504 g/mol. The van der Waals surface area contributed by atoms with Crippen molar-refractivity contribution in [1.82, 2.24) is 27.0 Å². The molecule has 1 aromatic carbocycles. The van der Waals surface area contributed by atoms with E-state index in [-0.39, 0.29) is 32.2 Å². The first kappa shape index (κ1) is 30.6. The third-order valence-electron chi connectivity index (χ3n) is 4.52. The molecule has 0 radical (unpaired) electrons. The Bertz CT molecular complexity index is 882. The standard InChI is InChI=1S/C20H25F6N5O5/c1-36-16(33)14(11-12-7-3-2-4-8-12)28-15(32)13(29-31-18(35)20(24,25)26)9-5-6-10-27-30-17(34)19(21,22)23/h2-4,7-8,13-14,27,29H,5-6,9-11H2,1H3,(H,28,32)(H,30,34)(H,31,35)/t13-,14-/m0/s1. The van der Waals surface area contributed by atoms with Crippen LogP contribution in [0.5, 0.6) is 0 Å². The minimum Gasteiger partial charge on any atom is -0.467 e. The second-order valence-electron chi connectivity index (χ2n) is 7.30. The van der Waals surface area contributed by atoms with Gasteiger partial charge < -0.3 is 10.1 Å². The lowest BCUT2D eigenvalue weighted by molar-refractivity contribution is -0.175. The maximum Gasteiger partial charge on any atom is 0.472 e. The molecule has 202 valence electrons. The largest absolute Gasteiger partial charge is 0.472 e. The number of alkyl halides is 6.